The second kappa shape index (κ2) is 7.04. The molecule has 0 unspecified atom stereocenters. The lowest BCUT2D eigenvalue weighted by Gasteiger charge is -2.32. The lowest BCUT2D eigenvalue weighted by Crippen LogP contribution is -2.42. The van der Waals surface area contributed by atoms with Crippen LogP contribution in [0.5, 0.6) is 0 Å². The van der Waals surface area contributed by atoms with Crippen molar-refractivity contribution in [3.8, 4) is 0 Å². The van der Waals surface area contributed by atoms with Crippen LogP contribution >= 0.6 is 11.6 Å². The van der Waals surface area contributed by atoms with E-state index >= 15 is 0 Å². The van der Waals surface area contributed by atoms with Gasteiger partial charge in [0.05, 0.1) is 6.61 Å². The van der Waals surface area contributed by atoms with Gasteiger partial charge in [-0.2, -0.15) is 0 Å². The highest BCUT2D eigenvalue weighted by molar-refractivity contribution is 6.30. The fourth-order valence-corrected chi connectivity index (χ4v) is 3.09. The molecule has 0 spiro atoms. The summed E-state index contributed by atoms with van der Waals surface area (Å²) in [4.78, 5) is 17.9. The molecule has 6 heteroatoms. The fraction of sp³-hybridized carbons (Fsp3) is 0.412. The Morgan fingerprint density at radius 2 is 2.13 bits per heavy atom. The maximum Gasteiger partial charge on any atom is 0.409 e. The van der Waals surface area contributed by atoms with E-state index in [0.29, 0.717) is 24.8 Å². The van der Waals surface area contributed by atoms with Gasteiger partial charge in [0.1, 0.15) is 11.0 Å². The standard InChI is InChI=1S/C17H20ClN3O2/c1-2-23-17(22)21-9-7-13(8-10-21)19-16-14-6-4-3-5-12(14)11-15(18)20-16/h3-6,11,13H,2,7-10H2,1H3,(H,19,20). The van der Waals surface area contributed by atoms with Crippen molar-refractivity contribution in [1.29, 1.82) is 0 Å². The molecular weight excluding hydrogens is 314 g/mol. The number of amides is 1. The molecule has 23 heavy (non-hydrogen) atoms. The smallest absolute Gasteiger partial charge is 0.409 e. The first-order valence-electron chi connectivity index (χ1n) is 7.91. The van der Waals surface area contributed by atoms with Gasteiger partial charge in [0.15, 0.2) is 0 Å². The molecule has 0 radical (unpaired) electrons. The minimum Gasteiger partial charge on any atom is -0.450 e. The number of piperidine rings is 1. The van der Waals surface area contributed by atoms with E-state index in [1.807, 2.05) is 37.3 Å². The summed E-state index contributed by atoms with van der Waals surface area (Å²) in [6.45, 7) is 3.61. The number of nitrogens with one attached hydrogen (secondary N) is 1. The van der Waals surface area contributed by atoms with E-state index in [9.17, 15) is 4.79 Å². The zero-order chi connectivity index (χ0) is 16.2. The molecule has 0 bridgehead atoms. The minimum absolute atomic E-state index is 0.225. The van der Waals surface area contributed by atoms with Crippen LogP contribution in [0.15, 0.2) is 30.3 Å². The van der Waals surface area contributed by atoms with Crippen LogP contribution in [0.25, 0.3) is 10.8 Å². The number of carbonyl (C=O) groups excluding carboxylic acids is 1. The monoisotopic (exact) mass is 333 g/mol. The zero-order valence-electron chi connectivity index (χ0n) is 13.1. The van der Waals surface area contributed by atoms with Crippen LogP contribution in [0.2, 0.25) is 5.15 Å². The van der Waals surface area contributed by atoms with Gasteiger partial charge in [-0.05, 0) is 31.2 Å². The van der Waals surface area contributed by atoms with E-state index in [4.69, 9.17) is 16.3 Å². The molecule has 2 aromatic rings. The number of carbonyl (C=O) groups is 1. The van der Waals surface area contributed by atoms with Crippen molar-refractivity contribution in [3.63, 3.8) is 0 Å². The summed E-state index contributed by atoms with van der Waals surface area (Å²) in [7, 11) is 0. The number of rotatable bonds is 3. The number of fused-ring (bicyclic) bond motifs is 1. The summed E-state index contributed by atoms with van der Waals surface area (Å²) in [5.41, 5.74) is 0. The highest BCUT2D eigenvalue weighted by Crippen LogP contribution is 2.26. The van der Waals surface area contributed by atoms with E-state index in [1.54, 1.807) is 4.90 Å². The Bertz CT molecular complexity index is 699. The van der Waals surface area contributed by atoms with Gasteiger partial charge in [0.2, 0.25) is 0 Å². The maximum atomic E-state index is 11.7. The van der Waals surface area contributed by atoms with Gasteiger partial charge in [-0.3, -0.25) is 0 Å². The number of pyridine rings is 1. The second-order valence-corrected chi connectivity index (χ2v) is 6.01. The summed E-state index contributed by atoms with van der Waals surface area (Å²) >= 11 is 6.12. The topological polar surface area (TPSA) is 54.5 Å². The molecule has 0 saturated carbocycles. The molecule has 3 rings (SSSR count). The minimum atomic E-state index is -0.225. The SMILES string of the molecule is CCOC(=O)N1CCC(Nc2nc(Cl)cc3ccccc23)CC1. The Hall–Kier alpha value is -2.01. The summed E-state index contributed by atoms with van der Waals surface area (Å²) in [6.07, 6.45) is 1.50. The number of hydrogen-bond acceptors (Lipinski definition) is 4. The molecule has 0 atom stereocenters. The van der Waals surface area contributed by atoms with Gasteiger partial charge >= 0.3 is 6.09 Å². The van der Waals surface area contributed by atoms with Gasteiger partial charge in [-0.1, -0.05) is 35.9 Å². The lowest BCUT2D eigenvalue weighted by molar-refractivity contribution is 0.0983. The molecule has 1 aliphatic rings. The third kappa shape index (κ3) is 3.67. The van der Waals surface area contributed by atoms with E-state index in [2.05, 4.69) is 10.3 Å². The van der Waals surface area contributed by atoms with E-state index < -0.39 is 0 Å². The number of halogens is 1. The van der Waals surface area contributed by atoms with Crippen LogP contribution in [0.3, 0.4) is 0 Å². The van der Waals surface area contributed by atoms with E-state index in [1.165, 1.54) is 0 Å². The van der Waals surface area contributed by atoms with E-state index in [0.717, 1.165) is 29.4 Å². The Kier molecular flexibility index (Phi) is 4.86. The van der Waals surface area contributed by atoms with Gasteiger partial charge in [-0.15, -0.1) is 0 Å². The number of likely N-dealkylation sites (tertiary alicyclic amines) is 1. The van der Waals surface area contributed by atoms with Crippen LogP contribution in [0, 0.1) is 0 Å². The van der Waals surface area contributed by atoms with Crippen molar-refractivity contribution >= 4 is 34.3 Å². The highest BCUT2D eigenvalue weighted by Gasteiger charge is 2.24. The van der Waals surface area contributed by atoms with Crippen molar-refractivity contribution in [2.24, 2.45) is 0 Å². The Morgan fingerprint density at radius 3 is 2.87 bits per heavy atom. The van der Waals surface area contributed by atoms with Crippen LogP contribution in [-0.2, 0) is 4.74 Å². The summed E-state index contributed by atoms with van der Waals surface area (Å²) in [6, 6.07) is 10.2. The molecule has 1 aliphatic heterocycles. The van der Waals surface area contributed by atoms with Crippen LogP contribution in [0.4, 0.5) is 10.6 Å². The Morgan fingerprint density at radius 1 is 1.39 bits per heavy atom. The van der Waals surface area contributed by atoms with Gasteiger partial charge in [-0.25, -0.2) is 9.78 Å². The Labute approximate surface area is 140 Å². The number of anilines is 1. The van der Waals surface area contributed by atoms with E-state index in [-0.39, 0.29) is 12.1 Å². The highest BCUT2D eigenvalue weighted by atomic mass is 35.5. The van der Waals surface area contributed by atoms with Crippen molar-refractivity contribution in [3.05, 3.63) is 35.5 Å². The quantitative estimate of drug-likeness (QED) is 0.865. The van der Waals surface area contributed by atoms with Gasteiger partial charge < -0.3 is 15.0 Å². The predicted molar refractivity (Wildman–Crippen MR) is 92.0 cm³/mol. The van der Waals surface area contributed by atoms with Gasteiger partial charge in [0, 0.05) is 24.5 Å². The zero-order valence-corrected chi connectivity index (χ0v) is 13.8. The molecule has 1 aromatic carbocycles. The number of benzene rings is 1. The van der Waals surface area contributed by atoms with Crippen molar-refractivity contribution in [2.75, 3.05) is 25.0 Å². The third-order valence-corrected chi connectivity index (χ3v) is 4.26. The molecule has 1 saturated heterocycles. The van der Waals surface area contributed by atoms with Gasteiger partial charge in [0.25, 0.3) is 0 Å². The Balaban J connectivity index is 1.68. The molecule has 1 amide bonds. The first kappa shape index (κ1) is 15.9. The van der Waals surface area contributed by atoms with Crippen LogP contribution < -0.4 is 5.32 Å². The molecule has 5 nitrogen and oxygen atoms in total. The first-order valence-corrected chi connectivity index (χ1v) is 8.28. The first-order chi connectivity index (χ1) is 11.2. The maximum absolute atomic E-state index is 11.7. The van der Waals surface area contributed by atoms with Crippen molar-refractivity contribution < 1.29 is 9.53 Å². The molecular formula is C17H20ClN3O2. The van der Waals surface area contributed by atoms with Crippen molar-refractivity contribution in [1.82, 2.24) is 9.88 Å². The number of nitrogens with zero attached hydrogens (tertiary/aromatic N) is 2. The largest absolute Gasteiger partial charge is 0.450 e. The molecule has 1 aromatic heterocycles. The normalized spacial score (nSPS) is 15.7. The third-order valence-electron chi connectivity index (χ3n) is 4.07. The van der Waals surface area contributed by atoms with Crippen LogP contribution in [0.1, 0.15) is 19.8 Å². The average Bonchev–Trinajstić information content (AvgIpc) is 2.55. The lowest BCUT2D eigenvalue weighted by atomic mass is 10.0. The number of hydrogen-bond donors (Lipinski definition) is 1. The summed E-state index contributed by atoms with van der Waals surface area (Å²) < 4.78 is 5.05. The van der Waals surface area contributed by atoms with Crippen LogP contribution in [-0.4, -0.2) is 41.7 Å². The number of aromatic nitrogens is 1. The van der Waals surface area contributed by atoms with Crippen molar-refractivity contribution in [2.45, 2.75) is 25.8 Å². The molecule has 0 aliphatic carbocycles. The summed E-state index contributed by atoms with van der Waals surface area (Å²) in [5.74, 6) is 0.808. The molecule has 2 heterocycles. The average molecular weight is 334 g/mol. The molecule has 1 N–H and O–H groups in total. The molecule has 122 valence electrons. The second-order valence-electron chi connectivity index (χ2n) is 5.62. The predicted octanol–water partition coefficient (Wildman–Crippen LogP) is 3.92. The molecule has 1 fully saturated rings. The fourth-order valence-electron chi connectivity index (χ4n) is 2.89. The number of ether oxygens (including phenoxy) is 1. The summed E-state index contributed by atoms with van der Waals surface area (Å²) in [5, 5.41) is 6.09.